The Morgan fingerprint density at radius 1 is 1.12 bits per heavy atom. The summed E-state index contributed by atoms with van der Waals surface area (Å²) in [5.41, 5.74) is 9.69. The number of carbonyl (C=O) groups is 2. The fourth-order valence-corrected chi connectivity index (χ4v) is 2.45. The molecule has 3 N–H and O–H groups in total. The topological polar surface area (TPSA) is 81.4 Å². The summed E-state index contributed by atoms with van der Waals surface area (Å²) in [5.74, 6) is 0.0327. The van der Waals surface area contributed by atoms with E-state index in [1.807, 2.05) is 45.9 Å². The number of nitrogens with two attached hydrogens (primary N) is 1. The highest BCUT2D eigenvalue weighted by molar-refractivity contribution is 5.98. The Morgan fingerprint density at radius 2 is 1.84 bits per heavy atom. The van der Waals surface area contributed by atoms with Crippen LogP contribution in [0.15, 0.2) is 36.4 Å². The number of anilines is 2. The van der Waals surface area contributed by atoms with Crippen LogP contribution in [-0.2, 0) is 4.79 Å². The van der Waals surface area contributed by atoms with Crippen molar-refractivity contribution in [2.75, 3.05) is 17.7 Å². The van der Waals surface area contributed by atoms with E-state index in [4.69, 9.17) is 10.5 Å². The van der Waals surface area contributed by atoms with Gasteiger partial charge in [0.05, 0.1) is 5.69 Å². The summed E-state index contributed by atoms with van der Waals surface area (Å²) in [6.45, 7) is 7.44. The van der Waals surface area contributed by atoms with Gasteiger partial charge in [0, 0.05) is 17.2 Å². The van der Waals surface area contributed by atoms with E-state index in [2.05, 4.69) is 5.32 Å². The van der Waals surface area contributed by atoms with Crippen LogP contribution in [-0.4, -0.2) is 18.3 Å². The summed E-state index contributed by atoms with van der Waals surface area (Å²) in [4.78, 5) is 24.0. The number of ether oxygens (including phenoxy) is 1. The molecule has 0 aliphatic rings. The second-order valence-electron chi connectivity index (χ2n) is 6.43. The Kier molecular flexibility index (Phi) is 5.80. The maximum Gasteiger partial charge on any atom is 0.262 e. The molecule has 5 heteroatoms. The predicted molar refractivity (Wildman–Crippen MR) is 100 cm³/mol. The molecule has 1 amide bonds. The summed E-state index contributed by atoms with van der Waals surface area (Å²) in [6.07, 6.45) is 0. The number of nitrogens with one attached hydrogen (secondary N) is 1. The molecule has 0 unspecified atom stereocenters. The SMILES string of the molecule is Cc1ccc(NC(=O)COc2ccc(C(=O)C(C)C)cc2N)c(C)c1. The number of aryl methyl sites for hydroxylation is 2. The first kappa shape index (κ1) is 18.5. The molecule has 2 aromatic rings. The first-order chi connectivity index (χ1) is 11.8. The van der Waals surface area contributed by atoms with Crippen molar-refractivity contribution in [3.05, 3.63) is 53.1 Å². The molecule has 0 atom stereocenters. The molecular formula is C20H24N2O3. The monoisotopic (exact) mass is 340 g/mol. The Morgan fingerprint density at radius 3 is 2.44 bits per heavy atom. The van der Waals surface area contributed by atoms with E-state index in [-0.39, 0.29) is 24.2 Å². The molecule has 0 fully saturated rings. The van der Waals surface area contributed by atoms with Gasteiger partial charge in [0.25, 0.3) is 5.91 Å². The minimum Gasteiger partial charge on any atom is -0.482 e. The van der Waals surface area contributed by atoms with Gasteiger partial charge in [0.2, 0.25) is 0 Å². The molecule has 0 heterocycles. The van der Waals surface area contributed by atoms with E-state index in [9.17, 15) is 9.59 Å². The molecule has 25 heavy (non-hydrogen) atoms. The van der Waals surface area contributed by atoms with Crippen LogP contribution in [0.3, 0.4) is 0 Å². The van der Waals surface area contributed by atoms with E-state index >= 15 is 0 Å². The van der Waals surface area contributed by atoms with E-state index in [1.165, 1.54) is 0 Å². The number of hydrogen-bond donors (Lipinski definition) is 2. The van der Waals surface area contributed by atoms with Gasteiger partial charge in [-0.3, -0.25) is 9.59 Å². The van der Waals surface area contributed by atoms with Crippen molar-refractivity contribution in [2.45, 2.75) is 27.7 Å². The highest BCUT2D eigenvalue weighted by Crippen LogP contribution is 2.24. The van der Waals surface area contributed by atoms with Crippen LogP contribution in [0.25, 0.3) is 0 Å². The Balaban J connectivity index is 1.98. The lowest BCUT2D eigenvalue weighted by atomic mass is 10.0. The number of amides is 1. The third kappa shape index (κ3) is 4.83. The molecule has 0 saturated carbocycles. The number of Topliss-reactive ketones (excluding diaryl/α,β-unsaturated/α-hetero) is 1. The molecule has 5 nitrogen and oxygen atoms in total. The molecular weight excluding hydrogens is 316 g/mol. The lowest BCUT2D eigenvalue weighted by Gasteiger charge is -2.12. The zero-order valence-corrected chi connectivity index (χ0v) is 15.1. The second-order valence-corrected chi connectivity index (χ2v) is 6.43. The summed E-state index contributed by atoms with van der Waals surface area (Å²) >= 11 is 0. The van der Waals surface area contributed by atoms with Gasteiger partial charge in [-0.15, -0.1) is 0 Å². The highest BCUT2D eigenvalue weighted by atomic mass is 16.5. The van der Waals surface area contributed by atoms with E-state index in [0.29, 0.717) is 17.0 Å². The first-order valence-corrected chi connectivity index (χ1v) is 8.21. The fraction of sp³-hybridized carbons (Fsp3) is 0.300. The predicted octanol–water partition coefficient (Wildman–Crippen LogP) is 3.74. The summed E-state index contributed by atoms with van der Waals surface area (Å²) in [7, 11) is 0. The summed E-state index contributed by atoms with van der Waals surface area (Å²) in [5, 5.41) is 2.81. The van der Waals surface area contributed by atoms with Crippen molar-refractivity contribution in [3.8, 4) is 5.75 Å². The Labute approximate surface area is 148 Å². The van der Waals surface area contributed by atoms with Gasteiger partial charge in [-0.05, 0) is 43.7 Å². The first-order valence-electron chi connectivity index (χ1n) is 8.21. The Bertz CT molecular complexity index is 798. The van der Waals surface area contributed by atoms with Crippen molar-refractivity contribution in [2.24, 2.45) is 5.92 Å². The van der Waals surface area contributed by atoms with Gasteiger partial charge in [-0.25, -0.2) is 0 Å². The van der Waals surface area contributed by atoms with Crippen LogP contribution < -0.4 is 15.8 Å². The van der Waals surface area contributed by atoms with Crippen molar-refractivity contribution >= 4 is 23.1 Å². The van der Waals surface area contributed by atoms with Gasteiger partial charge in [0.15, 0.2) is 12.4 Å². The number of ketones is 1. The van der Waals surface area contributed by atoms with E-state index in [0.717, 1.165) is 16.8 Å². The molecule has 0 aliphatic heterocycles. The summed E-state index contributed by atoms with van der Waals surface area (Å²) < 4.78 is 5.48. The fourth-order valence-electron chi connectivity index (χ4n) is 2.45. The molecule has 0 spiro atoms. The normalized spacial score (nSPS) is 10.6. The number of hydrogen-bond acceptors (Lipinski definition) is 4. The molecule has 2 rings (SSSR count). The zero-order chi connectivity index (χ0) is 18.6. The number of nitrogen functional groups attached to an aromatic ring is 1. The average Bonchev–Trinajstić information content (AvgIpc) is 2.55. The van der Waals surface area contributed by atoms with Gasteiger partial charge in [0.1, 0.15) is 5.75 Å². The lowest BCUT2D eigenvalue weighted by Crippen LogP contribution is -2.21. The standard InChI is InChI=1S/C20H24N2O3/c1-12(2)20(24)15-6-8-18(16(21)10-15)25-11-19(23)22-17-7-5-13(3)9-14(17)4/h5-10,12H,11,21H2,1-4H3,(H,22,23). The van der Waals surface area contributed by atoms with E-state index in [1.54, 1.807) is 18.2 Å². The quantitative estimate of drug-likeness (QED) is 0.620. The smallest absolute Gasteiger partial charge is 0.262 e. The lowest BCUT2D eigenvalue weighted by molar-refractivity contribution is -0.118. The number of rotatable bonds is 6. The van der Waals surface area contributed by atoms with Gasteiger partial charge in [-0.2, -0.15) is 0 Å². The van der Waals surface area contributed by atoms with Gasteiger partial charge >= 0.3 is 0 Å². The number of benzene rings is 2. The molecule has 132 valence electrons. The van der Waals surface area contributed by atoms with Crippen molar-refractivity contribution in [1.82, 2.24) is 0 Å². The maximum absolute atomic E-state index is 12.1. The maximum atomic E-state index is 12.1. The van der Waals surface area contributed by atoms with Crippen LogP contribution in [0.1, 0.15) is 35.3 Å². The van der Waals surface area contributed by atoms with Gasteiger partial charge in [-0.1, -0.05) is 31.5 Å². The van der Waals surface area contributed by atoms with Crippen LogP contribution in [0, 0.1) is 19.8 Å². The molecule has 0 bridgehead atoms. The van der Waals surface area contributed by atoms with Crippen LogP contribution in [0.2, 0.25) is 0 Å². The molecule has 0 aliphatic carbocycles. The van der Waals surface area contributed by atoms with Crippen molar-refractivity contribution in [3.63, 3.8) is 0 Å². The second kappa shape index (κ2) is 7.83. The van der Waals surface area contributed by atoms with E-state index < -0.39 is 0 Å². The van der Waals surface area contributed by atoms with Gasteiger partial charge < -0.3 is 15.8 Å². The van der Waals surface area contributed by atoms with Crippen molar-refractivity contribution < 1.29 is 14.3 Å². The molecule has 0 radical (unpaired) electrons. The molecule has 0 aromatic heterocycles. The van der Waals surface area contributed by atoms with Crippen LogP contribution >= 0.6 is 0 Å². The van der Waals surface area contributed by atoms with Crippen LogP contribution in [0.4, 0.5) is 11.4 Å². The minimum absolute atomic E-state index is 0.0193. The average molecular weight is 340 g/mol. The molecule has 2 aromatic carbocycles. The minimum atomic E-state index is -0.270. The third-order valence-electron chi connectivity index (χ3n) is 3.83. The largest absolute Gasteiger partial charge is 0.482 e. The summed E-state index contributed by atoms with van der Waals surface area (Å²) in [6, 6.07) is 10.7. The number of carbonyl (C=O) groups excluding carboxylic acids is 2. The Hall–Kier alpha value is -2.82. The van der Waals surface area contributed by atoms with Crippen molar-refractivity contribution in [1.29, 1.82) is 0 Å². The zero-order valence-electron chi connectivity index (χ0n) is 15.1. The third-order valence-corrected chi connectivity index (χ3v) is 3.83. The highest BCUT2D eigenvalue weighted by Gasteiger charge is 2.13. The molecule has 0 saturated heterocycles. The van der Waals surface area contributed by atoms with Crippen LogP contribution in [0.5, 0.6) is 5.75 Å².